The molecule has 0 saturated carbocycles. The first-order chi connectivity index (χ1) is 8.15. The molecule has 0 aromatic heterocycles. The van der Waals surface area contributed by atoms with E-state index in [4.69, 9.17) is 14.6 Å². The van der Waals surface area contributed by atoms with E-state index in [1.807, 2.05) is 0 Å². The summed E-state index contributed by atoms with van der Waals surface area (Å²) < 4.78 is 10.0. The average molecular weight is 261 g/mol. The molecule has 0 aliphatic rings. The number of carbonyl (C=O) groups is 2. The highest BCUT2D eigenvalue weighted by molar-refractivity contribution is 5.81. The quantitative estimate of drug-likeness (QED) is 0.727. The van der Waals surface area contributed by atoms with Crippen molar-refractivity contribution in [2.24, 2.45) is 0 Å². The lowest BCUT2D eigenvalue weighted by atomic mass is 10.2. The Hall–Kier alpha value is -1.30. The summed E-state index contributed by atoms with van der Waals surface area (Å²) in [5.41, 5.74) is -0.643. The second-order valence-corrected chi connectivity index (χ2v) is 5.20. The second kappa shape index (κ2) is 7.20. The summed E-state index contributed by atoms with van der Waals surface area (Å²) in [6, 6.07) is -0.896. The normalized spacial score (nSPS) is 13.1. The van der Waals surface area contributed by atoms with Crippen LogP contribution in [0.15, 0.2) is 0 Å². The highest BCUT2D eigenvalue weighted by Crippen LogP contribution is 2.08. The molecule has 0 aliphatic carbocycles. The maximum atomic E-state index is 11.6. The molecule has 1 unspecified atom stereocenters. The van der Waals surface area contributed by atoms with Gasteiger partial charge in [0.25, 0.3) is 0 Å². The largest absolute Gasteiger partial charge is 0.461 e. The molecule has 0 aliphatic heterocycles. The van der Waals surface area contributed by atoms with Crippen molar-refractivity contribution in [3.63, 3.8) is 0 Å². The minimum atomic E-state index is -0.896. The molecule has 0 heterocycles. The number of aliphatic hydroxyl groups is 1. The molecule has 1 amide bonds. The molecule has 6 nitrogen and oxygen atoms in total. The van der Waals surface area contributed by atoms with Crippen LogP contribution in [-0.2, 0) is 14.3 Å². The van der Waals surface area contributed by atoms with Gasteiger partial charge < -0.3 is 19.9 Å². The molecule has 1 atom stereocenters. The molecule has 18 heavy (non-hydrogen) atoms. The zero-order chi connectivity index (χ0) is 14.3. The van der Waals surface area contributed by atoms with Crippen LogP contribution in [0.1, 0.15) is 41.0 Å². The number of esters is 1. The van der Waals surface area contributed by atoms with Gasteiger partial charge in [0.05, 0.1) is 6.10 Å². The summed E-state index contributed by atoms with van der Waals surface area (Å²) in [5, 5.41) is 11.2. The van der Waals surface area contributed by atoms with Gasteiger partial charge >= 0.3 is 12.1 Å². The molecule has 0 rings (SSSR count). The molecule has 106 valence electrons. The van der Waals surface area contributed by atoms with Crippen molar-refractivity contribution in [1.29, 1.82) is 0 Å². The van der Waals surface area contributed by atoms with Crippen molar-refractivity contribution in [2.45, 2.75) is 58.8 Å². The van der Waals surface area contributed by atoms with E-state index in [2.05, 4.69) is 5.32 Å². The topological polar surface area (TPSA) is 84.9 Å². The maximum Gasteiger partial charge on any atom is 0.408 e. The van der Waals surface area contributed by atoms with Gasteiger partial charge in [0.15, 0.2) is 0 Å². The lowest BCUT2D eigenvalue weighted by molar-refractivity contribution is -0.150. The lowest BCUT2D eigenvalue weighted by Gasteiger charge is -2.23. The first-order valence-corrected chi connectivity index (χ1v) is 5.96. The Kier molecular flexibility index (Phi) is 6.68. The Morgan fingerprint density at radius 3 is 2.22 bits per heavy atom. The minimum absolute atomic E-state index is 0.0881. The molecule has 0 radical (unpaired) electrons. The molecular weight excluding hydrogens is 238 g/mol. The number of aliphatic hydroxyl groups excluding tert-OH is 1. The average Bonchev–Trinajstić information content (AvgIpc) is 2.12. The van der Waals surface area contributed by atoms with E-state index < -0.39 is 23.7 Å². The van der Waals surface area contributed by atoms with Crippen LogP contribution in [0.2, 0.25) is 0 Å². The number of carbonyl (C=O) groups excluding carboxylic acids is 2. The maximum absolute atomic E-state index is 11.6. The van der Waals surface area contributed by atoms with Gasteiger partial charge in [-0.3, -0.25) is 0 Å². The first kappa shape index (κ1) is 16.7. The van der Waals surface area contributed by atoms with Crippen molar-refractivity contribution < 1.29 is 24.2 Å². The van der Waals surface area contributed by atoms with Gasteiger partial charge in [-0.15, -0.1) is 0 Å². The predicted molar refractivity (Wildman–Crippen MR) is 66.1 cm³/mol. The lowest BCUT2D eigenvalue weighted by Crippen LogP contribution is -2.45. The molecule has 0 aromatic carbocycles. The van der Waals surface area contributed by atoms with Gasteiger partial charge in [0, 0.05) is 13.0 Å². The molecule has 6 heteroatoms. The van der Waals surface area contributed by atoms with Gasteiger partial charge in [0.1, 0.15) is 11.6 Å². The monoisotopic (exact) mass is 261 g/mol. The van der Waals surface area contributed by atoms with Crippen LogP contribution < -0.4 is 5.32 Å². The van der Waals surface area contributed by atoms with Crippen LogP contribution in [0.4, 0.5) is 4.79 Å². The van der Waals surface area contributed by atoms with Gasteiger partial charge in [0.2, 0.25) is 0 Å². The van der Waals surface area contributed by atoms with Gasteiger partial charge in [-0.05, 0) is 34.6 Å². The third-order valence-electron chi connectivity index (χ3n) is 1.75. The van der Waals surface area contributed by atoms with Crippen LogP contribution in [0.3, 0.4) is 0 Å². The van der Waals surface area contributed by atoms with Crippen molar-refractivity contribution >= 4 is 12.1 Å². The Bertz CT molecular complexity index is 283. The Balaban J connectivity index is 4.43. The highest BCUT2D eigenvalue weighted by Gasteiger charge is 2.25. The fourth-order valence-electron chi connectivity index (χ4n) is 1.14. The Labute approximate surface area is 108 Å². The zero-order valence-corrected chi connectivity index (χ0v) is 11.6. The first-order valence-electron chi connectivity index (χ1n) is 5.96. The summed E-state index contributed by atoms with van der Waals surface area (Å²) in [6.07, 6.45) is -0.897. The molecule has 0 saturated heterocycles. The van der Waals surface area contributed by atoms with E-state index >= 15 is 0 Å². The third-order valence-corrected chi connectivity index (χ3v) is 1.75. The van der Waals surface area contributed by atoms with E-state index in [1.165, 1.54) is 0 Å². The van der Waals surface area contributed by atoms with Gasteiger partial charge in [-0.2, -0.15) is 0 Å². The van der Waals surface area contributed by atoms with E-state index in [-0.39, 0.29) is 19.1 Å². The number of alkyl carbamates (subject to hydrolysis) is 1. The summed E-state index contributed by atoms with van der Waals surface area (Å²) in [5.74, 6) is -0.579. The summed E-state index contributed by atoms with van der Waals surface area (Å²) in [7, 11) is 0. The third kappa shape index (κ3) is 7.89. The van der Waals surface area contributed by atoms with E-state index in [0.717, 1.165) is 0 Å². The molecule has 0 fully saturated rings. The van der Waals surface area contributed by atoms with Crippen LogP contribution in [0.5, 0.6) is 0 Å². The van der Waals surface area contributed by atoms with Crippen molar-refractivity contribution in [3.8, 4) is 0 Å². The van der Waals surface area contributed by atoms with Gasteiger partial charge in [-0.25, -0.2) is 9.59 Å². The molecule has 0 spiro atoms. The van der Waals surface area contributed by atoms with Crippen molar-refractivity contribution in [1.82, 2.24) is 5.32 Å². The minimum Gasteiger partial charge on any atom is -0.461 e. The van der Waals surface area contributed by atoms with Crippen LogP contribution in [0.25, 0.3) is 0 Å². The second-order valence-electron chi connectivity index (χ2n) is 5.20. The Morgan fingerprint density at radius 2 is 1.83 bits per heavy atom. The van der Waals surface area contributed by atoms with Crippen LogP contribution >= 0.6 is 0 Å². The number of hydrogen-bond donors (Lipinski definition) is 2. The highest BCUT2D eigenvalue weighted by atomic mass is 16.6. The van der Waals surface area contributed by atoms with E-state index in [9.17, 15) is 9.59 Å². The van der Waals surface area contributed by atoms with E-state index in [1.54, 1.807) is 34.6 Å². The number of ether oxygens (including phenoxy) is 2. The van der Waals surface area contributed by atoms with Crippen LogP contribution in [-0.4, -0.2) is 41.5 Å². The number of nitrogens with one attached hydrogen (secondary N) is 1. The van der Waals surface area contributed by atoms with E-state index in [0.29, 0.717) is 0 Å². The molecular formula is C12H23NO5. The predicted octanol–water partition coefficient (Wildman–Crippen LogP) is 1.21. The molecule has 0 bridgehead atoms. The fraction of sp³-hybridized carbons (Fsp3) is 0.833. The Morgan fingerprint density at radius 1 is 1.28 bits per heavy atom. The standard InChI is InChI=1S/C12H23NO5/c1-8(2)17-10(15)9(6-7-14)13-11(16)18-12(3,4)5/h8-9,14H,6-7H2,1-5H3,(H,13,16). The van der Waals surface area contributed by atoms with Crippen molar-refractivity contribution in [2.75, 3.05) is 6.61 Å². The molecule has 0 aromatic rings. The van der Waals surface area contributed by atoms with Crippen LogP contribution in [0, 0.1) is 0 Å². The number of hydrogen-bond acceptors (Lipinski definition) is 5. The summed E-state index contributed by atoms with van der Waals surface area (Å²) in [4.78, 5) is 23.2. The molecule has 2 N–H and O–H groups in total. The fourth-order valence-corrected chi connectivity index (χ4v) is 1.14. The zero-order valence-electron chi connectivity index (χ0n) is 11.6. The SMILES string of the molecule is CC(C)OC(=O)C(CCO)NC(=O)OC(C)(C)C. The van der Waals surface area contributed by atoms with Gasteiger partial charge in [-0.1, -0.05) is 0 Å². The smallest absolute Gasteiger partial charge is 0.408 e. The number of amides is 1. The van der Waals surface area contributed by atoms with Crippen molar-refractivity contribution in [3.05, 3.63) is 0 Å². The summed E-state index contributed by atoms with van der Waals surface area (Å²) in [6.45, 7) is 8.36. The number of rotatable bonds is 5. The summed E-state index contributed by atoms with van der Waals surface area (Å²) >= 11 is 0.